The van der Waals surface area contributed by atoms with Crippen molar-refractivity contribution in [2.45, 2.75) is 25.6 Å². The lowest BCUT2D eigenvalue weighted by atomic mass is 10.2. The van der Waals surface area contributed by atoms with Crippen molar-refractivity contribution in [3.63, 3.8) is 0 Å². The molecule has 2 aromatic carbocycles. The third-order valence-electron chi connectivity index (χ3n) is 4.61. The number of benzene rings is 2. The maximum atomic E-state index is 2.48. The molecule has 3 aromatic rings. The normalized spacial score (nSPS) is 12.0. The van der Waals surface area contributed by atoms with E-state index in [0.717, 1.165) is 0 Å². The summed E-state index contributed by atoms with van der Waals surface area (Å²) in [5.74, 6) is 0. The molecule has 0 bridgehead atoms. The molecular formula is C19H23NSi. The number of para-hydroxylation sites is 1. The first kappa shape index (κ1) is 14.1. The van der Waals surface area contributed by atoms with Crippen LogP contribution in [0.4, 0.5) is 0 Å². The van der Waals surface area contributed by atoms with Crippen molar-refractivity contribution in [2.24, 2.45) is 7.05 Å². The van der Waals surface area contributed by atoms with Crippen LogP contribution in [0.5, 0.6) is 0 Å². The molecule has 3 rings (SSSR count). The predicted molar refractivity (Wildman–Crippen MR) is 95.0 cm³/mol. The van der Waals surface area contributed by atoms with Crippen molar-refractivity contribution in [3.8, 4) is 0 Å². The third kappa shape index (κ3) is 2.81. The minimum Gasteiger partial charge on any atom is -0.348 e. The molecule has 0 atom stereocenters. The molecule has 108 valence electrons. The van der Waals surface area contributed by atoms with Crippen molar-refractivity contribution >= 4 is 24.2 Å². The molecule has 2 heteroatoms. The second-order valence-corrected chi connectivity index (χ2v) is 11.3. The summed E-state index contributed by atoms with van der Waals surface area (Å²) in [5.41, 5.74) is 2.79. The van der Waals surface area contributed by atoms with Gasteiger partial charge in [0.1, 0.15) is 0 Å². The Morgan fingerprint density at radius 3 is 2.29 bits per heavy atom. The lowest BCUT2D eigenvalue weighted by molar-refractivity contribution is 0.860. The van der Waals surface area contributed by atoms with Gasteiger partial charge in [-0.1, -0.05) is 66.8 Å². The highest BCUT2D eigenvalue weighted by Gasteiger charge is 2.23. The van der Waals surface area contributed by atoms with Crippen molar-refractivity contribution in [1.82, 2.24) is 4.57 Å². The average molecular weight is 293 g/mol. The van der Waals surface area contributed by atoms with Gasteiger partial charge >= 0.3 is 0 Å². The van der Waals surface area contributed by atoms with Crippen LogP contribution < -0.4 is 5.19 Å². The fraction of sp³-hybridized carbons (Fsp3) is 0.263. The van der Waals surface area contributed by atoms with E-state index >= 15 is 0 Å². The van der Waals surface area contributed by atoms with Crippen molar-refractivity contribution in [3.05, 3.63) is 66.4 Å². The maximum Gasteiger partial charge on any atom is 0.0810 e. The van der Waals surface area contributed by atoms with E-state index in [1.807, 2.05) is 0 Å². The van der Waals surface area contributed by atoms with Crippen LogP contribution in [0.3, 0.4) is 0 Å². The van der Waals surface area contributed by atoms with Gasteiger partial charge in [-0.15, -0.1) is 0 Å². The van der Waals surface area contributed by atoms with Gasteiger partial charge in [0.25, 0.3) is 0 Å². The quantitative estimate of drug-likeness (QED) is 0.631. The zero-order valence-electron chi connectivity index (χ0n) is 13.1. The summed E-state index contributed by atoms with van der Waals surface area (Å²) in [6.45, 7) is 4.95. The summed E-state index contributed by atoms with van der Waals surface area (Å²) in [5, 5.41) is 2.91. The molecule has 0 fully saturated rings. The number of aromatic nitrogens is 1. The van der Waals surface area contributed by atoms with Crippen molar-refractivity contribution in [2.75, 3.05) is 0 Å². The van der Waals surface area contributed by atoms with Crippen LogP contribution in [0, 0.1) is 0 Å². The van der Waals surface area contributed by atoms with E-state index in [4.69, 9.17) is 0 Å². The fourth-order valence-corrected chi connectivity index (χ4v) is 5.32. The molecule has 0 radical (unpaired) electrons. The highest BCUT2D eigenvalue weighted by Crippen LogP contribution is 2.21. The van der Waals surface area contributed by atoms with Crippen molar-refractivity contribution in [1.29, 1.82) is 0 Å². The second-order valence-electron chi connectivity index (χ2n) is 6.50. The Bertz CT molecular complexity index is 741. The number of fused-ring (bicyclic) bond motifs is 1. The van der Waals surface area contributed by atoms with Gasteiger partial charge in [-0.2, -0.15) is 0 Å². The standard InChI is InChI=1S/C19H23NSi/c1-20-17(15-16-9-7-8-12-19(16)20)13-14-21(2,3)18-10-5-4-6-11-18/h4-12,15H,13-14H2,1-3H3. The molecule has 0 saturated heterocycles. The van der Waals surface area contributed by atoms with E-state index in [9.17, 15) is 0 Å². The summed E-state index contributed by atoms with van der Waals surface area (Å²) in [4.78, 5) is 0. The zero-order chi connectivity index (χ0) is 14.9. The molecule has 0 aliphatic carbocycles. The van der Waals surface area contributed by atoms with Gasteiger partial charge in [0.2, 0.25) is 0 Å². The Morgan fingerprint density at radius 1 is 0.905 bits per heavy atom. The van der Waals surface area contributed by atoms with Gasteiger partial charge in [-0.25, -0.2) is 0 Å². The first-order valence-corrected chi connectivity index (χ1v) is 10.9. The smallest absolute Gasteiger partial charge is 0.0810 e. The number of nitrogens with zero attached hydrogens (tertiary/aromatic N) is 1. The van der Waals surface area contributed by atoms with Gasteiger partial charge in [-0.05, 0) is 30.0 Å². The van der Waals surface area contributed by atoms with Crippen LogP contribution in [0.25, 0.3) is 10.9 Å². The lowest BCUT2D eigenvalue weighted by Gasteiger charge is -2.23. The van der Waals surface area contributed by atoms with E-state index in [1.165, 1.54) is 29.1 Å². The molecule has 0 aliphatic rings. The average Bonchev–Trinajstić information content (AvgIpc) is 2.83. The lowest BCUT2D eigenvalue weighted by Crippen LogP contribution is -2.41. The summed E-state index contributed by atoms with van der Waals surface area (Å²) >= 11 is 0. The van der Waals surface area contributed by atoms with E-state index in [2.05, 4.69) is 85.4 Å². The van der Waals surface area contributed by atoms with Gasteiger partial charge in [0, 0.05) is 18.3 Å². The molecule has 1 nitrogen and oxygen atoms in total. The third-order valence-corrected chi connectivity index (χ3v) is 8.01. The number of rotatable bonds is 4. The molecule has 1 heterocycles. The molecule has 0 spiro atoms. The van der Waals surface area contributed by atoms with Gasteiger partial charge in [0.15, 0.2) is 0 Å². The molecular weight excluding hydrogens is 270 g/mol. The molecule has 1 aromatic heterocycles. The predicted octanol–water partition coefficient (Wildman–Crippen LogP) is 4.34. The summed E-state index contributed by atoms with van der Waals surface area (Å²) in [6, 6.07) is 23.3. The van der Waals surface area contributed by atoms with E-state index < -0.39 is 8.07 Å². The molecule has 0 amide bonds. The number of aryl methyl sites for hydroxylation is 2. The molecule has 0 N–H and O–H groups in total. The van der Waals surface area contributed by atoms with Gasteiger partial charge < -0.3 is 4.57 Å². The maximum absolute atomic E-state index is 2.48. The zero-order valence-corrected chi connectivity index (χ0v) is 14.1. The molecule has 0 aliphatic heterocycles. The minimum absolute atomic E-state index is 1.17. The molecule has 0 unspecified atom stereocenters. The Balaban J connectivity index is 1.82. The summed E-state index contributed by atoms with van der Waals surface area (Å²) in [6.07, 6.45) is 1.17. The van der Waals surface area contributed by atoms with E-state index in [1.54, 1.807) is 5.19 Å². The Kier molecular flexibility index (Phi) is 3.73. The van der Waals surface area contributed by atoms with Crippen LogP contribution in [-0.2, 0) is 13.5 Å². The van der Waals surface area contributed by atoms with Gasteiger partial charge in [-0.3, -0.25) is 0 Å². The van der Waals surface area contributed by atoms with Crippen LogP contribution in [0.15, 0.2) is 60.7 Å². The summed E-state index contributed by atoms with van der Waals surface area (Å²) < 4.78 is 2.35. The molecule has 21 heavy (non-hydrogen) atoms. The van der Waals surface area contributed by atoms with E-state index in [-0.39, 0.29) is 0 Å². The number of hydrogen-bond acceptors (Lipinski definition) is 0. The SMILES string of the molecule is Cn1c(CC[Si](C)(C)c2ccccc2)cc2ccccc21. The molecule has 0 saturated carbocycles. The Hall–Kier alpha value is -1.80. The largest absolute Gasteiger partial charge is 0.348 e. The first-order valence-electron chi connectivity index (χ1n) is 7.67. The van der Waals surface area contributed by atoms with Gasteiger partial charge in [0.05, 0.1) is 8.07 Å². The monoisotopic (exact) mass is 293 g/mol. The minimum atomic E-state index is -1.35. The second kappa shape index (κ2) is 5.53. The van der Waals surface area contributed by atoms with Crippen LogP contribution in [0.2, 0.25) is 19.1 Å². The number of hydrogen-bond donors (Lipinski definition) is 0. The van der Waals surface area contributed by atoms with Crippen LogP contribution in [-0.4, -0.2) is 12.6 Å². The summed E-state index contributed by atoms with van der Waals surface area (Å²) in [7, 11) is 0.842. The van der Waals surface area contributed by atoms with E-state index in [0.29, 0.717) is 0 Å². The first-order chi connectivity index (χ1) is 10.1. The van der Waals surface area contributed by atoms with Crippen molar-refractivity contribution < 1.29 is 0 Å². The fourth-order valence-electron chi connectivity index (χ4n) is 3.06. The highest BCUT2D eigenvalue weighted by atomic mass is 28.3. The van der Waals surface area contributed by atoms with Crippen LogP contribution in [0.1, 0.15) is 5.69 Å². The Morgan fingerprint density at radius 2 is 1.57 bits per heavy atom. The Labute approximate surface area is 128 Å². The highest BCUT2D eigenvalue weighted by molar-refractivity contribution is 6.89. The van der Waals surface area contributed by atoms with Crippen LogP contribution >= 0.6 is 0 Å². The topological polar surface area (TPSA) is 4.93 Å².